The van der Waals surface area contributed by atoms with Gasteiger partial charge in [0.2, 0.25) is 0 Å². The molecule has 0 spiro atoms. The van der Waals surface area contributed by atoms with Gasteiger partial charge in [0, 0.05) is 0 Å². The fourth-order valence-corrected chi connectivity index (χ4v) is 4.17. The molecule has 2 aromatic carbocycles. The number of carbonyl (C=O) groups excluding carboxylic acids is 1. The first kappa shape index (κ1) is 14.9. The third-order valence-electron chi connectivity index (χ3n) is 2.43. The van der Waals surface area contributed by atoms with Crippen molar-refractivity contribution in [2.45, 2.75) is 4.90 Å². The minimum absolute atomic E-state index is 0.108. The van der Waals surface area contributed by atoms with Crippen LogP contribution in [0.1, 0.15) is 0 Å². The molecule has 104 valence electrons. The number of rotatable bonds is 6. The van der Waals surface area contributed by atoms with Gasteiger partial charge in [-0.1, -0.05) is 0 Å². The molecule has 0 heterocycles. The average molecular weight is 354 g/mol. The van der Waals surface area contributed by atoms with E-state index in [0.717, 1.165) is 4.46 Å². The maximum absolute atomic E-state index is 11.9. The number of sulfonamides is 1. The number of carbonyl (C=O) groups is 1. The Labute approximate surface area is 124 Å². The molecular formula is C14H13NO3SSe. The monoisotopic (exact) mass is 355 g/mol. The predicted octanol–water partition coefficient (Wildman–Crippen LogP) is 0.521. The van der Waals surface area contributed by atoms with E-state index in [9.17, 15) is 13.2 Å². The van der Waals surface area contributed by atoms with Gasteiger partial charge in [-0.3, -0.25) is 0 Å². The maximum atomic E-state index is 11.9. The number of nitrogens with one attached hydrogen (secondary N) is 1. The van der Waals surface area contributed by atoms with Gasteiger partial charge in [-0.2, -0.15) is 0 Å². The van der Waals surface area contributed by atoms with Gasteiger partial charge in [-0.15, -0.1) is 0 Å². The van der Waals surface area contributed by atoms with Crippen molar-refractivity contribution < 1.29 is 13.2 Å². The molecule has 6 heteroatoms. The summed E-state index contributed by atoms with van der Waals surface area (Å²) in [6, 6.07) is 17.3. The van der Waals surface area contributed by atoms with Crippen molar-refractivity contribution in [1.82, 2.24) is 4.72 Å². The van der Waals surface area contributed by atoms with Gasteiger partial charge in [0.25, 0.3) is 0 Å². The van der Waals surface area contributed by atoms with Crippen LogP contribution < -0.4 is 9.18 Å². The van der Waals surface area contributed by atoms with Crippen molar-refractivity contribution in [2.75, 3.05) is 6.54 Å². The molecule has 0 saturated heterocycles. The fraction of sp³-hybridized carbons (Fsp3) is 0.0714. The van der Waals surface area contributed by atoms with Crippen LogP contribution in [0.15, 0.2) is 65.6 Å². The van der Waals surface area contributed by atoms with Crippen LogP contribution in [0, 0.1) is 0 Å². The molecule has 2 aromatic rings. The Kier molecular flexibility index (Phi) is 5.09. The van der Waals surface area contributed by atoms with Gasteiger partial charge in [0.1, 0.15) is 0 Å². The van der Waals surface area contributed by atoms with E-state index in [-0.39, 0.29) is 31.1 Å². The Balaban J connectivity index is 1.94. The van der Waals surface area contributed by atoms with Gasteiger partial charge >= 0.3 is 124 Å². The summed E-state index contributed by atoms with van der Waals surface area (Å²) in [6.07, 6.45) is 0. The minimum atomic E-state index is -3.61. The summed E-state index contributed by atoms with van der Waals surface area (Å²) in [7, 11) is -3.61. The van der Waals surface area contributed by atoms with E-state index in [1.165, 1.54) is 12.1 Å². The fourth-order valence-electron chi connectivity index (χ4n) is 1.49. The first-order chi connectivity index (χ1) is 9.58. The molecule has 4 nitrogen and oxygen atoms in total. The summed E-state index contributed by atoms with van der Waals surface area (Å²) >= 11 is -0.375. The summed E-state index contributed by atoms with van der Waals surface area (Å²) < 4.78 is 27.0. The summed E-state index contributed by atoms with van der Waals surface area (Å²) in [5, 5.41) is 0. The zero-order valence-electron chi connectivity index (χ0n) is 10.5. The van der Waals surface area contributed by atoms with Crippen molar-refractivity contribution in [3.63, 3.8) is 0 Å². The molecule has 2 rings (SSSR count). The second-order valence-corrected chi connectivity index (χ2v) is 8.06. The quantitative estimate of drug-likeness (QED) is 0.770. The van der Waals surface area contributed by atoms with Crippen molar-refractivity contribution in [2.24, 2.45) is 0 Å². The molecule has 0 aliphatic rings. The van der Waals surface area contributed by atoms with Crippen LogP contribution in [-0.4, -0.2) is 34.6 Å². The van der Waals surface area contributed by atoms with Crippen LogP contribution in [0.4, 0.5) is 0 Å². The summed E-state index contributed by atoms with van der Waals surface area (Å²) in [6.45, 7) is -0.174. The van der Waals surface area contributed by atoms with Gasteiger partial charge in [0.05, 0.1) is 0 Å². The second kappa shape index (κ2) is 6.81. The first-order valence-corrected chi connectivity index (χ1v) is 9.08. The molecule has 0 aliphatic carbocycles. The average Bonchev–Trinajstić information content (AvgIpc) is 2.47. The third-order valence-corrected chi connectivity index (χ3v) is 5.70. The Morgan fingerprint density at radius 2 is 1.50 bits per heavy atom. The summed E-state index contributed by atoms with van der Waals surface area (Å²) in [4.78, 5) is 12.0. The van der Waals surface area contributed by atoms with Crippen LogP contribution >= 0.6 is 0 Å². The molecule has 0 bridgehead atoms. The van der Waals surface area contributed by atoms with Crippen LogP contribution in [0.5, 0.6) is 0 Å². The summed E-state index contributed by atoms with van der Waals surface area (Å²) in [5.41, 5.74) is 0. The molecule has 0 amide bonds. The number of hydrogen-bond acceptors (Lipinski definition) is 3. The predicted molar refractivity (Wildman–Crippen MR) is 78.5 cm³/mol. The van der Waals surface area contributed by atoms with E-state index in [4.69, 9.17) is 0 Å². The van der Waals surface area contributed by atoms with Crippen molar-refractivity contribution in [3.8, 4) is 0 Å². The number of benzene rings is 2. The van der Waals surface area contributed by atoms with Gasteiger partial charge in [-0.05, 0) is 0 Å². The second-order valence-electron chi connectivity index (χ2n) is 3.92. The van der Waals surface area contributed by atoms with Crippen LogP contribution in [0.2, 0.25) is 0 Å². The zero-order chi connectivity index (χ0) is 14.4. The van der Waals surface area contributed by atoms with E-state index in [0.29, 0.717) is 0 Å². The first-order valence-electron chi connectivity index (χ1n) is 5.88. The molecule has 0 fully saturated rings. The van der Waals surface area contributed by atoms with Crippen LogP contribution in [0.25, 0.3) is 0 Å². The van der Waals surface area contributed by atoms with Crippen molar-refractivity contribution >= 4 is 34.1 Å². The normalized spacial score (nSPS) is 11.2. The van der Waals surface area contributed by atoms with E-state index >= 15 is 0 Å². The Morgan fingerprint density at radius 1 is 0.950 bits per heavy atom. The standard InChI is InChI=1S/C14H13NO3SSe/c16-14(20-13-9-5-2-6-10-13)11-15-19(17,18)12-7-3-1-4-8-12/h1-10,15H,11H2. The van der Waals surface area contributed by atoms with Crippen molar-refractivity contribution in [1.29, 1.82) is 0 Å². The Hall–Kier alpha value is -1.46. The zero-order valence-corrected chi connectivity index (χ0v) is 13.1. The number of hydrogen-bond donors (Lipinski definition) is 1. The van der Waals surface area contributed by atoms with Crippen LogP contribution in [0.3, 0.4) is 0 Å². The molecule has 0 aromatic heterocycles. The SMILES string of the molecule is O=C(CNS(=O)(=O)c1ccccc1)[Se]c1ccccc1. The molecule has 0 atom stereocenters. The van der Waals surface area contributed by atoms with Gasteiger partial charge in [0.15, 0.2) is 0 Å². The third kappa shape index (κ3) is 4.28. The Bertz CT molecular complexity index is 672. The summed E-state index contributed by atoms with van der Waals surface area (Å²) in [5.74, 6) is 0. The molecule has 0 radical (unpaired) electrons. The molecule has 0 saturated carbocycles. The van der Waals surface area contributed by atoms with Crippen molar-refractivity contribution in [3.05, 3.63) is 60.7 Å². The molecule has 0 unspecified atom stereocenters. The van der Waals surface area contributed by atoms with E-state index in [2.05, 4.69) is 4.72 Å². The van der Waals surface area contributed by atoms with E-state index in [1.807, 2.05) is 30.3 Å². The molecular weight excluding hydrogens is 341 g/mol. The Morgan fingerprint density at radius 3 is 2.10 bits per heavy atom. The molecule has 1 N–H and O–H groups in total. The van der Waals surface area contributed by atoms with Gasteiger partial charge < -0.3 is 0 Å². The van der Waals surface area contributed by atoms with Crippen LogP contribution in [-0.2, 0) is 14.8 Å². The molecule has 0 aliphatic heterocycles. The molecule has 20 heavy (non-hydrogen) atoms. The van der Waals surface area contributed by atoms with E-state index in [1.54, 1.807) is 18.2 Å². The van der Waals surface area contributed by atoms with Gasteiger partial charge in [-0.25, -0.2) is 0 Å². The topological polar surface area (TPSA) is 63.2 Å². The van der Waals surface area contributed by atoms with E-state index < -0.39 is 10.0 Å².